The second kappa shape index (κ2) is 7.06. The second-order valence-electron chi connectivity index (χ2n) is 5.91. The van der Waals surface area contributed by atoms with Crippen molar-refractivity contribution in [2.45, 2.75) is 52.1 Å². The van der Waals surface area contributed by atoms with Crippen LogP contribution < -0.4 is 5.32 Å². The zero-order valence-corrected chi connectivity index (χ0v) is 12.7. The van der Waals surface area contributed by atoms with Crippen molar-refractivity contribution in [3.8, 4) is 0 Å². The van der Waals surface area contributed by atoms with Gasteiger partial charge in [0.05, 0.1) is 0 Å². The Labute approximate surface area is 118 Å². The number of rotatable bonds is 5. The fourth-order valence-corrected chi connectivity index (χ4v) is 3.05. The molecule has 2 rings (SSSR count). The van der Waals surface area contributed by atoms with Gasteiger partial charge in [-0.05, 0) is 63.9 Å². The van der Waals surface area contributed by atoms with Crippen molar-refractivity contribution in [2.24, 2.45) is 0 Å². The third kappa shape index (κ3) is 4.32. The standard InChI is InChI=1S/C17H28N2/c1-4-19-11-9-17(10-12-19)18-15(3)13-16-8-6-5-7-14(16)2/h5-8,15,17-18H,4,9-13H2,1-3H3. The van der Waals surface area contributed by atoms with Gasteiger partial charge in [-0.15, -0.1) is 0 Å². The van der Waals surface area contributed by atoms with Crippen LogP contribution in [0.15, 0.2) is 24.3 Å². The molecule has 0 amide bonds. The highest BCUT2D eigenvalue weighted by atomic mass is 15.1. The zero-order chi connectivity index (χ0) is 13.7. The monoisotopic (exact) mass is 260 g/mol. The van der Waals surface area contributed by atoms with E-state index in [1.54, 1.807) is 0 Å². The van der Waals surface area contributed by atoms with Crippen LogP contribution in [-0.2, 0) is 6.42 Å². The lowest BCUT2D eigenvalue weighted by atomic mass is 9.99. The van der Waals surface area contributed by atoms with E-state index in [2.05, 4.69) is 55.3 Å². The Kier molecular flexibility index (Phi) is 5.41. The predicted molar refractivity (Wildman–Crippen MR) is 82.6 cm³/mol. The van der Waals surface area contributed by atoms with Gasteiger partial charge in [0.2, 0.25) is 0 Å². The molecule has 1 fully saturated rings. The van der Waals surface area contributed by atoms with Crippen LogP contribution in [0.1, 0.15) is 37.8 Å². The summed E-state index contributed by atoms with van der Waals surface area (Å²) in [7, 11) is 0. The Morgan fingerprint density at radius 3 is 2.58 bits per heavy atom. The highest BCUT2D eigenvalue weighted by molar-refractivity contribution is 5.26. The molecule has 0 bridgehead atoms. The van der Waals surface area contributed by atoms with E-state index >= 15 is 0 Å². The minimum atomic E-state index is 0.569. The van der Waals surface area contributed by atoms with Gasteiger partial charge in [-0.2, -0.15) is 0 Å². The lowest BCUT2D eigenvalue weighted by Gasteiger charge is -2.33. The summed E-state index contributed by atoms with van der Waals surface area (Å²) in [5.74, 6) is 0. The second-order valence-corrected chi connectivity index (χ2v) is 5.91. The summed E-state index contributed by atoms with van der Waals surface area (Å²) in [6.07, 6.45) is 3.73. The van der Waals surface area contributed by atoms with Crippen LogP contribution in [0.2, 0.25) is 0 Å². The van der Waals surface area contributed by atoms with Gasteiger partial charge in [0.15, 0.2) is 0 Å². The van der Waals surface area contributed by atoms with E-state index in [0.717, 1.165) is 6.42 Å². The largest absolute Gasteiger partial charge is 0.311 e. The molecule has 0 radical (unpaired) electrons. The third-order valence-corrected chi connectivity index (χ3v) is 4.34. The Morgan fingerprint density at radius 2 is 1.95 bits per heavy atom. The topological polar surface area (TPSA) is 15.3 Å². The number of hydrogen-bond acceptors (Lipinski definition) is 2. The molecular formula is C17H28N2. The van der Waals surface area contributed by atoms with E-state index in [9.17, 15) is 0 Å². The van der Waals surface area contributed by atoms with E-state index in [4.69, 9.17) is 0 Å². The zero-order valence-electron chi connectivity index (χ0n) is 12.7. The fraction of sp³-hybridized carbons (Fsp3) is 0.647. The molecule has 0 saturated carbocycles. The Bertz CT molecular complexity index is 381. The minimum absolute atomic E-state index is 0.569. The smallest absolute Gasteiger partial charge is 0.00940 e. The van der Waals surface area contributed by atoms with Crippen molar-refractivity contribution >= 4 is 0 Å². The van der Waals surface area contributed by atoms with Crippen LogP contribution in [-0.4, -0.2) is 36.6 Å². The SMILES string of the molecule is CCN1CCC(NC(C)Cc2ccccc2C)CC1. The number of hydrogen-bond donors (Lipinski definition) is 1. The van der Waals surface area contributed by atoms with Crippen LogP contribution in [0.3, 0.4) is 0 Å². The molecule has 0 aromatic heterocycles. The van der Waals surface area contributed by atoms with Gasteiger partial charge < -0.3 is 10.2 Å². The number of likely N-dealkylation sites (tertiary alicyclic amines) is 1. The first-order chi connectivity index (χ1) is 9.19. The first-order valence-corrected chi connectivity index (χ1v) is 7.72. The summed E-state index contributed by atoms with van der Waals surface area (Å²) in [5.41, 5.74) is 2.89. The summed E-state index contributed by atoms with van der Waals surface area (Å²) >= 11 is 0. The van der Waals surface area contributed by atoms with E-state index in [1.165, 1.54) is 43.6 Å². The molecule has 2 heteroatoms. The molecule has 1 N–H and O–H groups in total. The summed E-state index contributed by atoms with van der Waals surface area (Å²) in [4.78, 5) is 2.55. The van der Waals surface area contributed by atoms with Crippen LogP contribution in [0.4, 0.5) is 0 Å². The molecule has 1 unspecified atom stereocenters. The normalized spacial score (nSPS) is 19.5. The van der Waals surface area contributed by atoms with Crippen molar-refractivity contribution < 1.29 is 0 Å². The number of benzene rings is 1. The average Bonchev–Trinajstić information content (AvgIpc) is 2.42. The minimum Gasteiger partial charge on any atom is -0.311 e. The fourth-order valence-electron chi connectivity index (χ4n) is 3.05. The summed E-state index contributed by atoms with van der Waals surface area (Å²) in [6.45, 7) is 10.5. The first-order valence-electron chi connectivity index (χ1n) is 7.72. The van der Waals surface area contributed by atoms with E-state index in [-0.39, 0.29) is 0 Å². The van der Waals surface area contributed by atoms with Gasteiger partial charge >= 0.3 is 0 Å². The van der Waals surface area contributed by atoms with Crippen molar-refractivity contribution in [3.05, 3.63) is 35.4 Å². The van der Waals surface area contributed by atoms with Crippen LogP contribution in [0.25, 0.3) is 0 Å². The van der Waals surface area contributed by atoms with E-state index in [0.29, 0.717) is 12.1 Å². The van der Waals surface area contributed by atoms with E-state index < -0.39 is 0 Å². The Hall–Kier alpha value is -0.860. The van der Waals surface area contributed by atoms with Crippen LogP contribution in [0, 0.1) is 6.92 Å². The highest BCUT2D eigenvalue weighted by Crippen LogP contribution is 2.13. The Balaban J connectivity index is 1.79. The highest BCUT2D eigenvalue weighted by Gasteiger charge is 2.19. The van der Waals surface area contributed by atoms with Crippen molar-refractivity contribution in [1.82, 2.24) is 10.2 Å². The summed E-state index contributed by atoms with van der Waals surface area (Å²) in [5, 5.41) is 3.81. The molecular weight excluding hydrogens is 232 g/mol. The summed E-state index contributed by atoms with van der Waals surface area (Å²) < 4.78 is 0. The number of piperidine rings is 1. The molecule has 106 valence electrons. The molecule has 1 heterocycles. The van der Waals surface area contributed by atoms with Crippen molar-refractivity contribution in [1.29, 1.82) is 0 Å². The van der Waals surface area contributed by atoms with Gasteiger partial charge in [0.1, 0.15) is 0 Å². The Morgan fingerprint density at radius 1 is 1.26 bits per heavy atom. The number of aryl methyl sites for hydroxylation is 1. The molecule has 1 aromatic carbocycles. The van der Waals surface area contributed by atoms with Gasteiger partial charge in [0, 0.05) is 12.1 Å². The van der Waals surface area contributed by atoms with Gasteiger partial charge in [-0.3, -0.25) is 0 Å². The molecule has 1 aromatic rings. The first kappa shape index (κ1) is 14.5. The van der Waals surface area contributed by atoms with Crippen molar-refractivity contribution in [3.63, 3.8) is 0 Å². The van der Waals surface area contributed by atoms with Gasteiger partial charge in [-0.25, -0.2) is 0 Å². The molecule has 0 aliphatic carbocycles. The molecule has 1 saturated heterocycles. The van der Waals surface area contributed by atoms with Crippen LogP contribution >= 0.6 is 0 Å². The summed E-state index contributed by atoms with van der Waals surface area (Å²) in [6, 6.07) is 10.0. The molecule has 0 spiro atoms. The maximum Gasteiger partial charge on any atom is 0.00940 e. The molecule has 1 aliphatic rings. The molecule has 1 atom stereocenters. The maximum absolute atomic E-state index is 3.81. The molecule has 19 heavy (non-hydrogen) atoms. The predicted octanol–water partition coefficient (Wildman–Crippen LogP) is 3.00. The van der Waals surface area contributed by atoms with E-state index in [1.807, 2.05) is 0 Å². The number of nitrogens with one attached hydrogen (secondary N) is 1. The van der Waals surface area contributed by atoms with Crippen molar-refractivity contribution in [2.75, 3.05) is 19.6 Å². The maximum atomic E-state index is 3.81. The lowest BCUT2D eigenvalue weighted by molar-refractivity contribution is 0.200. The van der Waals surface area contributed by atoms with Crippen LogP contribution in [0.5, 0.6) is 0 Å². The third-order valence-electron chi connectivity index (χ3n) is 4.34. The quantitative estimate of drug-likeness (QED) is 0.875. The van der Waals surface area contributed by atoms with Gasteiger partial charge in [-0.1, -0.05) is 31.2 Å². The molecule has 1 aliphatic heterocycles. The molecule has 2 nitrogen and oxygen atoms in total. The average molecular weight is 260 g/mol. The number of nitrogens with zero attached hydrogens (tertiary/aromatic N) is 1. The van der Waals surface area contributed by atoms with Gasteiger partial charge in [0.25, 0.3) is 0 Å². The lowest BCUT2D eigenvalue weighted by Crippen LogP contribution is -2.45.